The number of hydrogen-bond donors (Lipinski definition) is 2. The molecule has 132 valence electrons. The molecule has 0 heterocycles. The van der Waals surface area contributed by atoms with Gasteiger partial charge in [-0.2, -0.15) is 0 Å². The second-order valence-corrected chi connectivity index (χ2v) is 6.91. The summed E-state index contributed by atoms with van der Waals surface area (Å²) in [4.78, 5) is 22.2. The van der Waals surface area contributed by atoms with Gasteiger partial charge in [0.1, 0.15) is 4.90 Å². The van der Waals surface area contributed by atoms with E-state index in [-0.39, 0.29) is 33.3 Å². The maximum atomic E-state index is 12.4. The summed E-state index contributed by atoms with van der Waals surface area (Å²) in [5.74, 6) is -1.79. The predicted octanol–water partition coefficient (Wildman–Crippen LogP) is 3.02. The molecule has 2 aromatic carbocycles. The Morgan fingerprint density at radius 3 is 2.28 bits per heavy atom. The van der Waals surface area contributed by atoms with Crippen molar-refractivity contribution in [1.29, 1.82) is 0 Å². The number of aromatic carboxylic acids is 1. The van der Waals surface area contributed by atoms with E-state index in [4.69, 9.17) is 21.4 Å². The first kappa shape index (κ1) is 18.8. The number of nitrogens with one attached hydrogen (secondary N) is 1. The summed E-state index contributed by atoms with van der Waals surface area (Å²) in [6.45, 7) is 1.90. The Kier molecular flexibility index (Phi) is 5.66. The van der Waals surface area contributed by atoms with Crippen LogP contribution in [0.4, 0.5) is 5.69 Å². The molecular formula is C16H14ClNO6S. The molecule has 9 heteroatoms. The first-order valence-corrected chi connectivity index (χ1v) is 8.93. The van der Waals surface area contributed by atoms with Gasteiger partial charge in [0.2, 0.25) is 0 Å². The third kappa shape index (κ3) is 4.49. The molecule has 0 saturated heterocycles. The number of carboxylic acid groups (broad SMARTS) is 1. The van der Waals surface area contributed by atoms with Crippen molar-refractivity contribution in [3.63, 3.8) is 0 Å². The number of esters is 1. The minimum atomic E-state index is -4.10. The molecule has 0 unspecified atom stereocenters. The number of halogens is 1. The fourth-order valence-electron chi connectivity index (χ4n) is 1.94. The van der Waals surface area contributed by atoms with E-state index < -0.39 is 22.0 Å². The molecule has 0 aliphatic heterocycles. The van der Waals surface area contributed by atoms with Gasteiger partial charge >= 0.3 is 11.9 Å². The third-order valence-electron chi connectivity index (χ3n) is 3.12. The Hall–Kier alpha value is -2.58. The van der Waals surface area contributed by atoms with E-state index in [0.29, 0.717) is 0 Å². The molecular weight excluding hydrogens is 370 g/mol. The van der Waals surface area contributed by atoms with Crippen molar-refractivity contribution < 1.29 is 27.9 Å². The molecule has 0 saturated carbocycles. The smallest absolute Gasteiger partial charge is 0.338 e. The minimum absolute atomic E-state index is 0.111. The quantitative estimate of drug-likeness (QED) is 0.742. The maximum Gasteiger partial charge on any atom is 0.338 e. The molecule has 0 aliphatic carbocycles. The van der Waals surface area contributed by atoms with E-state index in [1.165, 1.54) is 36.4 Å². The number of carbonyl (C=O) groups excluding carboxylic acids is 1. The molecule has 0 bridgehead atoms. The summed E-state index contributed by atoms with van der Waals surface area (Å²) in [5, 5.41) is 8.87. The van der Waals surface area contributed by atoms with Crippen LogP contribution >= 0.6 is 11.6 Å². The molecule has 25 heavy (non-hydrogen) atoms. The highest BCUT2D eigenvalue weighted by Crippen LogP contribution is 2.25. The first-order valence-electron chi connectivity index (χ1n) is 7.07. The second-order valence-electron chi connectivity index (χ2n) is 4.85. The van der Waals surface area contributed by atoms with Crippen LogP contribution in [0.25, 0.3) is 0 Å². The summed E-state index contributed by atoms with van der Waals surface area (Å²) < 4.78 is 32.0. The average Bonchev–Trinajstić information content (AvgIpc) is 2.55. The average molecular weight is 384 g/mol. The van der Waals surface area contributed by atoms with Gasteiger partial charge in [0.05, 0.1) is 22.8 Å². The van der Waals surface area contributed by atoms with E-state index >= 15 is 0 Å². The lowest BCUT2D eigenvalue weighted by atomic mass is 10.2. The zero-order valence-corrected chi connectivity index (χ0v) is 14.6. The van der Waals surface area contributed by atoms with Crippen LogP contribution in [0.15, 0.2) is 47.4 Å². The van der Waals surface area contributed by atoms with E-state index in [1.54, 1.807) is 6.92 Å². The van der Waals surface area contributed by atoms with Gasteiger partial charge in [0.15, 0.2) is 0 Å². The van der Waals surface area contributed by atoms with Crippen molar-refractivity contribution in [1.82, 2.24) is 0 Å². The van der Waals surface area contributed by atoms with Crippen LogP contribution in [0, 0.1) is 0 Å². The van der Waals surface area contributed by atoms with Crippen LogP contribution in [-0.4, -0.2) is 32.1 Å². The minimum Gasteiger partial charge on any atom is -0.478 e. The molecule has 0 aromatic heterocycles. The van der Waals surface area contributed by atoms with E-state index in [1.807, 2.05) is 0 Å². The van der Waals surface area contributed by atoms with Gasteiger partial charge < -0.3 is 9.84 Å². The van der Waals surface area contributed by atoms with Crippen LogP contribution < -0.4 is 4.72 Å². The van der Waals surface area contributed by atoms with Gasteiger partial charge in [0, 0.05) is 5.69 Å². The fraction of sp³-hybridized carbons (Fsp3) is 0.125. The molecule has 0 atom stereocenters. The number of benzene rings is 2. The lowest BCUT2D eigenvalue weighted by molar-refractivity contribution is 0.0526. The maximum absolute atomic E-state index is 12.4. The molecule has 7 nitrogen and oxygen atoms in total. The van der Waals surface area contributed by atoms with Gasteiger partial charge in [-0.15, -0.1) is 0 Å². The first-order chi connectivity index (χ1) is 11.7. The standard InChI is InChI=1S/C16H14ClNO6S/c1-2-24-16(21)10-3-6-12(7-4-10)18-25(22,23)14-9-11(15(19)20)5-8-13(14)17/h3-9,18H,2H2,1H3,(H,19,20). The van der Waals surface area contributed by atoms with Crippen LogP contribution in [0.1, 0.15) is 27.6 Å². The van der Waals surface area contributed by atoms with Gasteiger partial charge in [-0.05, 0) is 49.4 Å². The SMILES string of the molecule is CCOC(=O)c1ccc(NS(=O)(=O)c2cc(C(=O)O)ccc2Cl)cc1. The highest BCUT2D eigenvalue weighted by atomic mass is 35.5. The van der Waals surface area contributed by atoms with E-state index in [9.17, 15) is 18.0 Å². The fourth-order valence-corrected chi connectivity index (χ4v) is 3.53. The molecule has 0 spiro atoms. The summed E-state index contributed by atoms with van der Waals surface area (Å²) >= 11 is 5.88. The third-order valence-corrected chi connectivity index (χ3v) is 4.98. The number of ether oxygens (including phenoxy) is 1. The van der Waals surface area contributed by atoms with E-state index in [0.717, 1.165) is 6.07 Å². The second kappa shape index (κ2) is 7.54. The Balaban J connectivity index is 2.29. The zero-order valence-electron chi connectivity index (χ0n) is 13.0. The van der Waals surface area contributed by atoms with Crippen LogP contribution in [0.5, 0.6) is 0 Å². The Morgan fingerprint density at radius 2 is 1.72 bits per heavy atom. The number of anilines is 1. The van der Waals surface area contributed by atoms with Gasteiger partial charge in [-0.1, -0.05) is 11.6 Å². The Morgan fingerprint density at radius 1 is 1.12 bits per heavy atom. The van der Waals surface area contributed by atoms with Gasteiger partial charge in [-0.25, -0.2) is 18.0 Å². The number of sulfonamides is 1. The van der Waals surface area contributed by atoms with Crippen molar-refractivity contribution in [3.05, 3.63) is 58.6 Å². The molecule has 2 aromatic rings. The molecule has 0 radical (unpaired) electrons. The van der Waals surface area contributed by atoms with Crippen LogP contribution in [0.3, 0.4) is 0 Å². The van der Waals surface area contributed by atoms with Gasteiger partial charge in [-0.3, -0.25) is 4.72 Å². The highest BCUT2D eigenvalue weighted by Gasteiger charge is 2.20. The summed E-state index contributed by atoms with van der Waals surface area (Å²) in [5.41, 5.74) is 0.253. The van der Waals surface area contributed by atoms with Crippen molar-refractivity contribution in [2.24, 2.45) is 0 Å². The lowest BCUT2D eigenvalue weighted by Crippen LogP contribution is -2.14. The molecule has 2 rings (SSSR count). The Bertz CT molecular complexity index is 909. The molecule has 0 amide bonds. The Labute approximate surface area is 149 Å². The number of carbonyl (C=O) groups is 2. The van der Waals surface area contributed by atoms with Crippen molar-refractivity contribution >= 4 is 39.3 Å². The summed E-state index contributed by atoms with van der Waals surface area (Å²) in [6.07, 6.45) is 0. The molecule has 0 fully saturated rings. The number of rotatable bonds is 6. The molecule has 2 N–H and O–H groups in total. The van der Waals surface area contributed by atoms with Crippen LogP contribution in [-0.2, 0) is 14.8 Å². The topological polar surface area (TPSA) is 110 Å². The number of carboxylic acids is 1. The van der Waals surface area contributed by atoms with E-state index in [2.05, 4.69) is 4.72 Å². The lowest BCUT2D eigenvalue weighted by Gasteiger charge is -2.10. The van der Waals surface area contributed by atoms with Crippen molar-refractivity contribution in [2.75, 3.05) is 11.3 Å². The monoisotopic (exact) mass is 383 g/mol. The molecule has 0 aliphatic rings. The zero-order chi connectivity index (χ0) is 18.6. The predicted molar refractivity (Wildman–Crippen MR) is 91.6 cm³/mol. The summed E-state index contributed by atoms with van der Waals surface area (Å²) in [7, 11) is -4.10. The number of hydrogen-bond acceptors (Lipinski definition) is 5. The normalized spacial score (nSPS) is 11.0. The van der Waals surface area contributed by atoms with Crippen molar-refractivity contribution in [3.8, 4) is 0 Å². The largest absolute Gasteiger partial charge is 0.478 e. The highest BCUT2D eigenvalue weighted by molar-refractivity contribution is 7.92. The summed E-state index contributed by atoms with van der Waals surface area (Å²) in [6, 6.07) is 8.97. The van der Waals surface area contributed by atoms with Crippen LogP contribution in [0.2, 0.25) is 5.02 Å². The van der Waals surface area contributed by atoms with Gasteiger partial charge in [0.25, 0.3) is 10.0 Å². The van der Waals surface area contributed by atoms with Crippen molar-refractivity contribution in [2.45, 2.75) is 11.8 Å².